The van der Waals surface area contributed by atoms with Gasteiger partial charge in [0.05, 0.1) is 10.2 Å². The summed E-state index contributed by atoms with van der Waals surface area (Å²) in [7, 11) is 1.91. The van der Waals surface area contributed by atoms with E-state index in [1.807, 2.05) is 29.8 Å². The van der Waals surface area contributed by atoms with Crippen LogP contribution in [0.4, 0.5) is 0 Å². The SMILES string of the molecule is CC(=O)N=c1sc2cc(Br)ccc2n1C. The molecule has 15 heavy (non-hydrogen) atoms. The molecular formula is C10H9BrN2OS. The number of fused-ring (bicyclic) bond motifs is 1. The molecule has 0 aliphatic rings. The molecule has 0 bridgehead atoms. The zero-order valence-corrected chi connectivity index (χ0v) is 10.7. The first-order valence-corrected chi connectivity index (χ1v) is 5.99. The second-order valence-corrected chi connectivity index (χ2v) is 5.11. The van der Waals surface area contributed by atoms with Gasteiger partial charge in [0.15, 0.2) is 4.80 Å². The molecule has 1 aromatic heterocycles. The Kier molecular flexibility index (Phi) is 2.75. The molecule has 3 nitrogen and oxygen atoms in total. The van der Waals surface area contributed by atoms with E-state index in [1.165, 1.54) is 18.3 Å². The number of aromatic nitrogens is 1. The smallest absolute Gasteiger partial charge is 0.245 e. The second-order valence-electron chi connectivity index (χ2n) is 3.19. The van der Waals surface area contributed by atoms with Crippen molar-refractivity contribution in [2.75, 3.05) is 0 Å². The van der Waals surface area contributed by atoms with E-state index in [0.717, 1.165) is 19.5 Å². The van der Waals surface area contributed by atoms with Crippen LogP contribution in [-0.2, 0) is 11.8 Å². The number of rotatable bonds is 0. The second kappa shape index (κ2) is 3.90. The molecule has 0 radical (unpaired) electrons. The Morgan fingerprint density at radius 2 is 2.27 bits per heavy atom. The summed E-state index contributed by atoms with van der Waals surface area (Å²) in [4.78, 5) is 15.6. The van der Waals surface area contributed by atoms with Gasteiger partial charge < -0.3 is 4.57 Å². The van der Waals surface area contributed by atoms with E-state index in [4.69, 9.17) is 0 Å². The fourth-order valence-electron chi connectivity index (χ4n) is 1.35. The van der Waals surface area contributed by atoms with Crippen molar-refractivity contribution in [3.05, 3.63) is 27.5 Å². The van der Waals surface area contributed by atoms with Crippen molar-refractivity contribution >= 4 is 43.4 Å². The van der Waals surface area contributed by atoms with E-state index in [9.17, 15) is 4.79 Å². The highest BCUT2D eigenvalue weighted by atomic mass is 79.9. The average molecular weight is 285 g/mol. The Morgan fingerprint density at radius 3 is 2.93 bits per heavy atom. The summed E-state index contributed by atoms with van der Waals surface area (Å²) in [5, 5.41) is 0. The van der Waals surface area contributed by atoms with Gasteiger partial charge in [-0.2, -0.15) is 4.99 Å². The lowest BCUT2D eigenvalue weighted by Crippen LogP contribution is -2.11. The van der Waals surface area contributed by atoms with Crippen LogP contribution in [0.25, 0.3) is 10.2 Å². The molecule has 2 aromatic rings. The van der Waals surface area contributed by atoms with E-state index >= 15 is 0 Å². The number of benzene rings is 1. The summed E-state index contributed by atoms with van der Waals surface area (Å²) < 4.78 is 4.08. The van der Waals surface area contributed by atoms with Crippen molar-refractivity contribution in [2.45, 2.75) is 6.92 Å². The molecule has 1 amide bonds. The summed E-state index contributed by atoms with van der Waals surface area (Å²) in [6.45, 7) is 1.46. The van der Waals surface area contributed by atoms with Gasteiger partial charge in [0.1, 0.15) is 0 Å². The molecule has 0 saturated carbocycles. The van der Waals surface area contributed by atoms with Gasteiger partial charge in [0, 0.05) is 18.4 Å². The maximum Gasteiger partial charge on any atom is 0.245 e. The first-order valence-electron chi connectivity index (χ1n) is 4.38. The van der Waals surface area contributed by atoms with Crippen molar-refractivity contribution in [3.8, 4) is 0 Å². The number of nitrogens with zero attached hydrogens (tertiary/aromatic N) is 2. The van der Waals surface area contributed by atoms with Gasteiger partial charge in [-0.25, -0.2) is 0 Å². The highest BCUT2D eigenvalue weighted by Crippen LogP contribution is 2.21. The Balaban J connectivity index is 2.80. The molecular weight excluding hydrogens is 276 g/mol. The van der Waals surface area contributed by atoms with Crippen LogP contribution in [0.3, 0.4) is 0 Å². The average Bonchev–Trinajstić information content (AvgIpc) is 2.42. The van der Waals surface area contributed by atoms with Crippen LogP contribution in [0.2, 0.25) is 0 Å². The number of aryl methyl sites for hydroxylation is 1. The molecule has 5 heteroatoms. The monoisotopic (exact) mass is 284 g/mol. The van der Waals surface area contributed by atoms with E-state index in [-0.39, 0.29) is 5.91 Å². The minimum absolute atomic E-state index is 0.170. The highest BCUT2D eigenvalue weighted by Gasteiger charge is 2.03. The van der Waals surface area contributed by atoms with Crippen molar-refractivity contribution in [3.63, 3.8) is 0 Å². The van der Waals surface area contributed by atoms with Crippen LogP contribution in [0.1, 0.15) is 6.92 Å². The predicted molar refractivity (Wildman–Crippen MR) is 64.7 cm³/mol. The molecule has 0 spiro atoms. The van der Waals surface area contributed by atoms with Gasteiger partial charge in [0.25, 0.3) is 0 Å². The number of halogens is 1. The van der Waals surface area contributed by atoms with Gasteiger partial charge in [-0.05, 0) is 18.2 Å². The normalized spacial score (nSPS) is 12.3. The van der Waals surface area contributed by atoms with E-state index in [1.54, 1.807) is 0 Å². The Labute approximate surface area is 99.2 Å². The maximum absolute atomic E-state index is 10.9. The molecule has 1 heterocycles. The Bertz CT molecular complexity index is 597. The van der Waals surface area contributed by atoms with Crippen molar-refractivity contribution in [2.24, 2.45) is 12.0 Å². The molecule has 0 unspecified atom stereocenters. The van der Waals surface area contributed by atoms with Gasteiger partial charge in [-0.1, -0.05) is 27.3 Å². The summed E-state index contributed by atoms with van der Waals surface area (Å²) >= 11 is 4.93. The van der Waals surface area contributed by atoms with Crippen LogP contribution in [0.15, 0.2) is 27.7 Å². The summed E-state index contributed by atoms with van der Waals surface area (Å²) in [5.74, 6) is -0.170. The third kappa shape index (κ3) is 2.03. The number of hydrogen-bond acceptors (Lipinski definition) is 2. The minimum Gasteiger partial charge on any atom is -0.319 e. The molecule has 0 saturated heterocycles. The van der Waals surface area contributed by atoms with Gasteiger partial charge in [-0.15, -0.1) is 0 Å². The molecule has 0 aliphatic carbocycles. The maximum atomic E-state index is 10.9. The number of amides is 1. The first kappa shape index (κ1) is 10.6. The molecule has 0 atom stereocenters. The van der Waals surface area contributed by atoms with Crippen LogP contribution in [0, 0.1) is 0 Å². The van der Waals surface area contributed by atoms with Crippen molar-refractivity contribution < 1.29 is 4.79 Å². The number of carbonyl (C=O) groups is 1. The lowest BCUT2D eigenvalue weighted by Gasteiger charge is -1.94. The number of thiazole rings is 1. The summed E-state index contributed by atoms with van der Waals surface area (Å²) in [6, 6.07) is 6.01. The Morgan fingerprint density at radius 1 is 1.53 bits per heavy atom. The fourth-order valence-corrected chi connectivity index (χ4v) is 2.96. The zero-order valence-electron chi connectivity index (χ0n) is 8.32. The predicted octanol–water partition coefficient (Wildman–Crippen LogP) is 2.45. The fraction of sp³-hybridized carbons (Fsp3) is 0.200. The molecule has 0 aliphatic heterocycles. The lowest BCUT2D eigenvalue weighted by atomic mass is 10.3. The largest absolute Gasteiger partial charge is 0.319 e. The lowest BCUT2D eigenvalue weighted by molar-refractivity contribution is -0.116. The molecule has 0 fully saturated rings. The minimum atomic E-state index is -0.170. The van der Waals surface area contributed by atoms with Crippen LogP contribution >= 0.6 is 27.3 Å². The van der Waals surface area contributed by atoms with Crippen LogP contribution in [-0.4, -0.2) is 10.5 Å². The van der Waals surface area contributed by atoms with Gasteiger partial charge in [-0.3, -0.25) is 4.79 Å². The van der Waals surface area contributed by atoms with Crippen molar-refractivity contribution in [1.82, 2.24) is 4.57 Å². The number of hydrogen-bond donors (Lipinski definition) is 0. The van der Waals surface area contributed by atoms with E-state index < -0.39 is 0 Å². The molecule has 2 rings (SSSR count). The summed E-state index contributed by atoms with van der Waals surface area (Å²) in [6.07, 6.45) is 0. The van der Waals surface area contributed by atoms with E-state index in [0.29, 0.717) is 0 Å². The van der Waals surface area contributed by atoms with Crippen LogP contribution < -0.4 is 4.80 Å². The third-order valence-electron chi connectivity index (χ3n) is 2.02. The summed E-state index contributed by atoms with van der Waals surface area (Å²) in [5.41, 5.74) is 1.09. The third-order valence-corrected chi connectivity index (χ3v) is 3.61. The van der Waals surface area contributed by atoms with Crippen molar-refractivity contribution in [1.29, 1.82) is 0 Å². The standard InChI is InChI=1S/C10H9BrN2OS/c1-6(14)12-10-13(2)8-4-3-7(11)5-9(8)15-10/h3-5H,1-2H3. The Hall–Kier alpha value is -0.940. The first-order chi connectivity index (χ1) is 7.08. The van der Waals surface area contributed by atoms with E-state index in [2.05, 4.69) is 20.9 Å². The highest BCUT2D eigenvalue weighted by molar-refractivity contribution is 9.10. The number of carbonyl (C=O) groups excluding carboxylic acids is 1. The quantitative estimate of drug-likeness (QED) is 0.732. The topological polar surface area (TPSA) is 34.4 Å². The molecule has 78 valence electrons. The molecule has 1 aromatic carbocycles. The zero-order chi connectivity index (χ0) is 11.0. The van der Waals surface area contributed by atoms with Gasteiger partial charge >= 0.3 is 0 Å². The van der Waals surface area contributed by atoms with Crippen LogP contribution in [0.5, 0.6) is 0 Å². The molecule has 0 N–H and O–H groups in total. The van der Waals surface area contributed by atoms with Gasteiger partial charge in [0.2, 0.25) is 5.91 Å².